The summed E-state index contributed by atoms with van der Waals surface area (Å²) in [4.78, 5) is 14.7. The van der Waals surface area contributed by atoms with Crippen LogP contribution in [-0.2, 0) is 0 Å². The lowest BCUT2D eigenvalue weighted by molar-refractivity contribution is 0.0758. The van der Waals surface area contributed by atoms with Gasteiger partial charge in [0, 0.05) is 24.2 Å². The molecule has 2 fully saturated rings. The zero-order valence-electron chi connectivity index (χ0n) is 15.5. The molecule has 2 aliphatic heterocycles. The van der Waals surface area contributed by atoms with Crippen molar-refractivity contribution >= 4 is 5.91 Å². The Balaban J connectivity index is 1.54. The molecule has 2 atom stereocenters. The van der Waals surface area contributed by atoms with Gasteiger partial charge in [-0.05, 0) is 80.1 Å². The minimum absolute atomic E-state index is 0.107. The Morgan fingerprint density at radius 1 is 1.00 bits per heavy atom. The molecule has 0 radical (unpaired) electrons. The third-order valence-corrected chi connectivity index (χ3v) is 6.00. The molecule has 2 heterocycles. The highest BCUT2D eigenvalue weighted by molar-refractivity contribution is 5.95. The molecular formula is C22H24F2N2O. The van der Waals surface area contributed by atoms with Gasteiger partial charge in [-0.15, -0.1) is 0 Å². The van der Waals surface area contributed by atoms with E-state index in [2.05, 4.69) is 5.32 Å². The van der Waals surface area contributed by atoms with Gasteiger partial charge in [-0.25, -0.2) is 8.78 Å². The molecule has 2 saturated heterocycles. The number of fused-ring (bicyclic) bond motifs is 1. The fourth-order valence-corrected chi connectivity index (χ4v) is 4.40. The van der Waals surface area contributed by atoms with E-state index in [-0.39, 0.29) is 11.7 Å². The van der Waals surface area contributed by atoms with E-state index in [1.807, 2.05) is 4.90 Å². The molecule has 142 valence electrons. The van der Waals surface area contributed by atoms with E-state index in [4.69, 9.17) is 0 Å². The number of benzene rings is 2. The van der Waals surface area contributed by atoms with Gasteiger partial charge in [-0.3, -0.25) is 4.79 Å². The lowest BCUT2D eigenvalue weighted by Crippen LogP contribution is -2.32. The molecule has 1 N–H and O–H groups in total. The molecule has 0 bridgehead atoms. The number of hydrogen-bond acceptors (Lipinski definition) is 2. The van der Waals surface area contributed by atoms with Gasteiger partial charge in [0.25, 0.3) is 5.91 Å². The van der Waals surface area contributed by atoms with Crippen LogP contribution >= 0.6 is 0 Å². The van der Waals surface area contributed by atoms with Crippen LogP contribution in [0.4, 0.5) is 8.78 Å². The molecule has 2 aliphatic rings. The van der Waals surface area contributed by atoms with Crippen LogP contribution in [0.15, 0.2) is 36.4 Å². The van der Waals surface area contributed by atoms with Crippen LogP contribution in [0.25, 0.3) is 11.1 Å². The molecule has 1 amide bonds. The molecule has 0 aliphatic carbocycles. The van der Waals surface area contributed by atoms with Crippen molar-refractivity contribution in [1.29, 1.82) is 0 Å². The number of halogens is 2. The minimum Gasteiger partial charge on any atom is -0.339 e. The van der Waals surface area contributed by atoms with Crippen LogP contribution in [0.5, 0.6) is 0 Å². The second kappa shape index (κ2) is 7.39. The Labute approximate surface area is 158 Å². The van der Waals surface area contributed by atoms with E-state index in [1.165, 1.54) is 18.2 Å². The fourth-order valence-electron chi connectivity index (χ4n) is 4.40. The maximum absolute atomic E-state index is 14.7. The number of nitrogens with zero attached hydrogens (tertiary/aromatic N) is 1. The van der Waals surface area contributed by atoms with Gasteiger partial charge in [0.1, 0.15) is 11.6 Å². The van der Waals surface area contributed by atoms with Gasteiger partial charge in [0.05, 0.1) is 0 Å². The fraction of sp³-hybridized carbons (Fsp3) is 0.409. The van der Waals surface area contributed by atoms with Crippen molar-refractivity contribution in [2.45, 2.75) is 19.8 Å². The zero-order valence-corrected chi connectivity index (χ0v) is 15.5. The number of rotatable bonds is 2. The second-order valence-corrected chi connectivity index (χ2v) is 7.70. The second-order valence-electron chi connectivity index (χ2n) is 7.70. The molecule has 3 nitrogen and oxygen atoms in total. The normalized spacial score (nSPS) is 22.4. The quantitative estimate of drug-likeness (QED) is 0.866. The number of nitrogens with one attached hydrogen (secondary N) is 1. The van der Waals surface area contributed by atoms with E-state index < -0.39 is 5.82 Å². The lowest BCUT2D eigenvalue weighted by Gasteiger charge is -2.21. The van der Waals surface area contributed by atoms with Crippen LogP contribution in [0.1, 0.15) is 28.8 Å². The maximum atomic E-state index is 14.7. The molecule has 0 saturated carbocycles. The lowest BCUT2D eigenvalue weighted by atomic mass is 9.92. The predicted octanol–water partition coefficient (Wildman–Crippen LogP) is 4.01. The number of likely N-dealkylation sites (tertiary alicyclic amines) is 1. The van der Waals surface area contributed by atoms with Crippen LogP contribution in [0.3, 0.4) is 0 Å². The highest BCUT2D eigenvalue weighted by Crippen LogP contribution is 2.30. The number of amides is 1. The van der Waals surface area contributed by atoms with E-state index in [0.717, 1.165) is 39.0 Å². The van der Waals surface area contributed by atoms with E-state index in [9.17, 15) is 13.6 Å². The van der Waals surface area contributed by atoms with Crippen molar-refractivity contribution in [3.05, 3.63) is 59.2 Å². The first-order valence-electron chi connectivity index (χ1n) is 9.59. The van der Waals surface area contributed by atoms with Crippen LogP contribution < -0.4 is 5.32 Å². The number of carbonyl (C=O) groups excluding carboxylic acids is 1. The van der Waals surface area contributed by atoms with Crippen molar-refractivity contribution in [3.63, 3.8) is 0 Å². The predicted molar refractivity (Wildman–Crippen MR) is 102 cm³/mol. The molecule has 27 heavy (non-hydrogen) atoms. The smallest absolute Gasteiger partial charge is 0.253 e. The summed E-state index contributed by atoms with van der Waals surface area (Å²) >= 11 is 0. The monoisotopic (exact) mass is 370 g/mol. The van der Waals surface area contributed by atoms with E-state index in [1.54, 1.807) is 25.1 Å². The van der Waals surface area contributed by atoms with Crippen LogP contribution in [-0.4, -0.2) is 37.0 Å². The average molecular weight is 370 g/mol. The molecule has 2 aromatic rings. The first-order chi connectivity index (χ1) is 13.0. The third kappa shape index (κ3) is 3.61. The first kappa shape index (κ1) is 18.1. The number of carbonyl (C=O) groups is 1. The zero-order chi connectivity index (χ0) is 19.0. The SMILES string of the molecule is Cc1cc(F)ccc1-c1ccc(C(=O)N2CC[C@@H]3CNC[C@@H]3CC2)cc1F. The summed E-state index contributed by atoms with van der Waals surface area (Å²) < 4.78 is 28.0. The molecule has 2 aromatic carbocycles. The first-order valence-corrected chi connectivity index (χ1v) is 9.59. The summed E-state index contributed by atoms with van der Waals surface area (Å²) in [6, 6.07) is 8.90. The summed E-state index contributed by atoms with van der Waals surface area (Å²) in [5.74, 6) is 0.381. The Morgan fingerprint density at radius 3 is 2.30 bits per heavy atom. The Hall–Kier alpha value is -2.27. The highest BCUT2D eigenvalue weighted by Gasteiger charge is 2.31. The Bertz CT molecular complexity index is 853. The van der Waals surface area contributed by atoms with Crippen molar-refractivity contribution < 1.29 is 13.6 Å². The van der Waals surface area contributed by atoms with Crippen molar-refractivity contribution in [2.75, 3.05) is 26.2 Å². The summed E-state index contributed by atoms with van der Waals surface area (Å²) in [6.07, 6.45) is 2.00. The summed E-state index contributed by atoms with van der Waals surface area (Å²) in [5.41, 5.74) is 2.07. The molecule has 0 aromatic heterocycles. The largest absolute Gasteiger partial charge is 0.339 e. The molecule has 0 unspecified atom stereocenters. The van der Waals surface area contributed by atoms with Gasteiger partial charge in [0.2, 0.25) is 0 Å². The van der Waals surface area contributed by atoms with Gasteiger partial charge in [-0.2, -0.15) is 0 Å². The summed E-state index contributed by atoms with van der Waals surface area (Å²) in [6.45, 7) is 5.27. The topological polar surface area (TPSA) is 32.3 Å². The van der Waals surface area contributed by atoms with Crippen LogP contribution in [0, 0.1) is 30.4 Å². The van der Waals surface area contributed by atoms with Crippen molar-refractivity contribution in [2.24, 2.45) is 11.8 Å². The highest BCUT2D eigenvalue weighted by atomic mass is 19.1. The Morgan fingerprint density at radius 2 is 1.67 bits per heavy atom. The number of hydrogen-bond donors (Lipinski definition) is 1. The van der Waals surface area contributed by atoms with E-state index in [0.29, 0.717) is 34.1 Å². The summed E-state index contributed by atoms with van der Waals surface area (Å²) in [5, 5.41) is 3.43. The summed E-state index contributed by atoms with van der Waals surface area (Å²) in [7, 11) is 0. The molecular weight excluding hydrogens is 346 g/mol. The van der Waals surface area contributed by atoms with E-state index >= 15 is 0 Å². The molecule has 5 heteroatoms. The van der Waals surface area contributed by atoms with Gasteiger partial charge < -0.3 is 10.2 Å². The minimum atomic E-state index is -0.452. The Kier molecular flexibility index (Phi) is 4.96. The van der Waals surface area contributed by atoms with Gasteiger partial charge in [-0.1, -0.05) is 12.1 Å². The maximum Gasteiger partial charge on any atom is 0.253 e. The molecule has 0 spiro atoms. The number of aryl methyl sites for hydroxylation is 1. The van der Waals surface area contributed by atoms with Gasteiger partial charge >= 0.3 is 0 Å². The van der Waals surface area contributed by atoms with Crippen LogP contribution in [0.2, 0.25) is 0 Å². The molecule has 4 rings (SSSR count). The van der Waals surface area contributed by atoms with Gasteiger partial charge in [0.15, 0.2) is 0 Å². The standard InChI is InChI=1S/C22H24F2N2O/c1-14-10-18(23)3-5-19(14)20-4-2-15(11-21(20)24)22(27)26-8-6-16-12-25-13-17(16)7-9-26/h2-5,10-11,16-17,25H,6-9,12-13H2,1H3/t16-,17+. The third-order valence-electron chi connectivity index (χ3n) is 6.00. The van der Waals surface area contributed by atoms with Crippen molar-refractivity contribution in [1.82, 2.24) is 10.2 Å². The average Bonchev–Trinajstić information content (AvgIpc) is 3.00. The van der Waals surface area contributed by atoms with Crippen molar-refractivity contribution in [3.8, 4) is 11.1 Å².